The molecule has 0 bridgehead atoms. The van der Waals surface area contributed by atoms with E-state index in [0.717, 1.165) is 23.3 Å². The molecule has 1 saturated carbocycles. The number of thiophene rings is 1. The van der Waals surface area contributed by atoms with E-state index in [0.29, 0.717) is 6.61 Å². The van der Waals surface area contributed by atoms with Crippen LogP contribution in [0.15, 0.2) is 6.07 Å². The van der Waals surface area contributed by atoms with E-state index in [-0.39, 0.29) is 11.9 Å². The summed E-state index contributed by atoms with van der Waals surface area (Å²) in [7, 11) is 0. The van der Waals surface area contributed by atoms with Crippen LogP contribution in [0.4, 0.5) is 0 Å². The monoisotopic (exact) mass is 253 g/mol. The maximum atomic E-state index is 12.2. The molecule has 2 N–H and O–H groups in total. The molecule has 1 aromatic heterocycles. The van der Waals surface area contributed by atoms with Crippen molar-refractivity contribution in [2.75, 3.05) is 6.61 Å². The smallest absolute Gasteiger partial charge is 0.331 e. The summed E-state index contributed by atoms with van der Waals surface area (Å²) < 4.78 is 5.17. The highest BCUT2D eigenvalue weighted by molar-refractivity contribution is 7.12. The Labute approximate surface area is 106 Å². The molecule has 1 heterocycles. The van der Waals surface area contributed by atoms with E-state index in [1.165, 1.54) is 4.88 Å². The zero-order valence-electron chi connectivity index (χ0n) is 10.6. The summed E-state index contributed by atoms with van der Waals surface area (Å²) in [5.41, 5.74) is 6.43. The Balaban J connectivity index is 2.40. The Morgan fingerprint density at radius 2 is 2.24 bits per heavy atom. The van der Waals surface area contributed by atoms with Crippen LogP contribution in [0.5, 0.6) is 0 Å². The van der Waals surface area contributed by atoms with E-state index >= 15 is 0 Å². The van der Waals surface area contributed by atoms with Crippen molar-refractivity contribution in [1.29, 1.82) is 0 Å². The summed E-state index contributed by atoms with van der Waals surface area (Å²) in [4.78, 5) is 14.5. The highest BCUT2D eigenvalue weighted by Crippen LogP contribution is 2.47. The molecule has 1 aromatic rings. The van der Waals surface area contributed by atoms with Crippen LogP contribution in [0.1, 0.15) is 35.1 Å². The Hall–Kier alpha value is -0.870. The fourth-order valence-electron chi connectivity index (χ4n) is 2.33. The van der Waals surface area contributed by atoms with Gasteiger partial charge in [-0.15, -0.1) is 11.3 Å². The number of aryl methyl sites for hydroxylation is 2. The normalized spacial score (nSPS) is 18.8. The van der Waals surface area contributed by atoms with Crippen molar-refractivity contribution in [3.63, 3.8) is 0 Å². The predicted molar refractivity (Wildman–Crippen MR) is 69.0 cm³/mol. The second-order valence-electron chi connectivity index (χ2n) is 4.69. The molecule has 3 nitrogen and oxygen atoms in total. The zero-order chi connectivity index (χ0) is 12.6. The van der Waals surface area contributed by atoms with Crippen molar-refractivity contribution in [3.05, 3.63) is 21.4 Å². The quantitative estimate of drug-likeness (QED) is 0.839. The Bertz CT molecular complexity index is 437. The van der Waals surface area contributed by atoms with Gasteiger partial charge in [-0.3, -0.25) is 0 Å². The lowest BCUT2D eigenvalue weighted by Gasteiger charge is -2.27. The van der Waals surface area contributed by atoms with Crippen molar-refractivity contribution in [1.82, 2.24) is 0 Å². The molecule has 17 heavy (non-hydrogen) atoms. The largest absolute Gasteiger partial charge is 0.464 e. The molecule has 0 radical (unpaired) electrons. The van der Waals surface area contributed by atoms with E-state index in [1.807, 2.05) is 26.8 Å². The summed E-state index contributed by atoms with van der Waals surface area (Å²) in [5.74, 6) is -0.0300. The Morgan fingerprint density at radius 1 is 1.59 bits per heavy atom. The van der Waals surface area contributed by atoms with Crippen LogP contribution in [-0.4, -0.2) is 12.6 Å². The number of nitrogens with two attached hydrogens (primary N) is 1. The molecule has 1 fully saturated rings. The summed E-state index contributed by atoms with van der Waals surface area (Å²) in [5, 5.41) is 0. The standard InChI is InChI=1S/C13H19NO2S/c1-4-16-12(15)13(14,10-5-6-10)11-7-8(2)17-9(11)3/h7,10H,4-6,14H2,1-3H3. The van der Waals surface area contributed by atoms with Gasteiger partial charge in [0, 0.05) is 9.75 Å². The minimum Gasteiger partial charge on any atom is -0.464 e. The van der Waals surface area contributed by atoms with E-state index in [9.17, 15) is 4.79 Å². The van der Waals surface area contributed by atoms with Gasteiger partial charge in [0.2, 0.25) is 0 Å². The second kappa shape index (κ2) is 4.42. The maximum Gasteiger partial charge on any atom is 0.331 e. The van der Waals surface area contributed by atoms with Gasteiger partial charge in [-0.2, -0.15) is 0 Å². The molecule has 1 unspecified atom stereocenters. The third-order valence-corrected chi connectivity index (χ3v) is 4.29. The molecule has 0 aliphatic heterocycles. The Kier molecular flexibility index (Phi) is 3.27. The molecule has 94 valence electrons. The van der Waals surface area contributed by atoms with Gasteiger partial charge in [-0.25, -0.2) is 4.79 Å². The first-order valence-electron chi connectivity index (χ1n) is 6.03. The SMILES string of the molecule is CCOC(=O)C(N)(c1cc(C)sc1C)C1CC1. The molecule has 1 atom stereocenters. The number of esters is 1. The van der Waals surface area contributed by atoms with Crippen LogP contribution in [0, 0.1) is 19.8 Å². The highest BCUT2D eigenvalue weighted by atomic mass is 32.1. The van der Waals surface area contributed by atoms with E-state index < -0.39 is 5.54 Å². The number of carbonyl (C=O) groups is 1. The van der Waals surface area contributed by atoms with Crippen LogP contribution in [0.3, 0.4) is 0 Å². The van der Waals surface area contributed by atoms with Gasteiger partial charge in [0.1, 0.15) is 5.54 Å². The predicted octanol–water partition coefficient (Wildman–Crippen LogP) is 2.49. The average molecular weight is 253 g/mol. The van der Waals surface area contributed by atoms with Gasteiger partial charge in [0.25, 0.3) is 0 Å². The van der Waals surface area contributed by atoms with Gasteiger partial charge in [-0.05, 0) is 51.2 Å². The van der Waals surface area contributed by atoms with Crippen LogP contribution < -0.4 is 5.73 Å². The van der Waals surface area contributed by atoms with Crippen molar-refractivity contribution in [2.24, 2.45) is 11.7 Å². The number of carbonyl (C=O) groups excluding carboxylic acids is 1. The lowest BCUT2D eigenvalue weighted by atomic mass is 9.86. The average Bonchev–Trinajstić information content (AvgIpc) is 3.04. The Morgan fingerprint density at radius 3 is 2.65 bits per heavy atom. The van der Waals surface area contributed by atoms with Crippen molar-refractivity contribution in [2.45, 2.75) is 39.2 Å². The van der Waals surface area contributed by atoms with Crippen LogP contribution in [-0.2, 0) is 15.1 Å². The minimum atomic E-state index is -0.926. The molecule has 4 heteroatoms. The maximum absolute atomic E-state index is 12.2. The fourth-order valence-corrected chi connectivity index (χ4v) is 3.32. The fraction of sp³-hybridized carbons (Fsp3) is 0.615. The molecule has 0 saturated heterocycles. The molecule has 1 aliphatic rings. The van der Waals surface area contributed by atoms with Crippen LogP contribution >= 0.6 is 11.3 Å². The highest BCUT2D eigenvalue weighted by Gasteiger charge is 2.51. The first kappa shape index (κ1) is 12.6. The van der Waals surface area contributed by atoms with Gasteiger partial charge in [0.15, 0.2) is 0 Å². The molecule has 2 rings (SSSR count). The molecular formula is C13H19NO2S. The van der Waals surface area contributed by atoms with Crippen molar-refractivity contribution < 1.29 is 9.53 Å². The second-order valence-corrected chi connectivity index (χ2v) is 6.15. The topological polar surface area (TPSA) is 52.3 Å². The summed E-state index contributed by atoms with van der Waals surface area (Å²) in [6.45, 7) is 6.26. The number of rotatable bonds is 4. The van der Waals surface area contributed by atoms with Crippen LogP contribution in [0.25, 0.3) is 0 Å². The van der Waals surface area contributed by atoms with Gasteiger partial charge in [0.05, 0.1) is 6.61 Å². The molecule has 0 aromatic carbocycles. The third kappa shape index (κ3) is 2.11. The zero-order valence-corrected chi connectivity index (χ0v) is 11.4. The molecular weight excluding hydrogens is 234 g/mol. The number of hydrogen-bond donors (Lipinski definition) is 1. The van der Waals surface area contributed by atoms with E-state index in [4.69, 9.17) is 10.5 Å². The van der Waals surface area contributed by atoms with Gasteiger partial charge >= 0.3 is 5.97 Å². The lowest BCUT2D eigenvalue weighted by Crippen LogP contribution is -2.48. The van der Waals surface area contributed by atoms with E-state index in [1.54, 1.807) is 11.3 Å². The summed E-state index contributed by atoms with van der Waals surface area (Å²) in [6, 6.07) is 2.04. The minimum absolute atomic E-state index is 0.245. The first-order valence-corrected chi connectivity index (χ1v) is 6.85. The van der Waals surface area contributed by atoms with Gasteiger partial charge < -0.3 is 10.5 Å². The van der Waals surface area contributed by atoms with Crippen molar-refractivity contribution in [3.8, 4) is 0 Å². The molecule has 0 amide bonds. The first-order chi connectivity index (χ1) is 8.00. The van der Waals surface area contributed by atoms with Gasteiger partial charge in [-0.1, -0.05) is 0 Å². The number of ether oxygens (including phenoxy) is 1. The van der Waals surface area contributed by atoms with Crippen molar-refractivity contribution >= 4 is 17.3 Å². The third-order valence-electron chi connectivity index (χ3n) is 3.32. The van der Waals surface area contributed by atoms with E-state index in [2.05, 4.69) is 0 Å². The van der Waals surface area contributed by atoms with Crippen LogP contribution in [0.2, 0.25) is 0 Å². The molecule has 1 aliphatic carbocycles. The summed E-state index contributed by atoms with van der Waals surface area (Å²) >= 11 is 1.69. The molecule has 0 spiro atoms. The lowest BCUT2D eigenvalue weighted by molar-refractivity contribution is -0.151. The number of hydrogen-bond acceptors (Lipinski definition) is 4. The summed E-state index contributed by atoms with van der Waals surface area (Å²) in [6.07, 6.45) is 2.04.